The largest absolute Gasteiger partial charge is 0.456 e. The van der Waals surface area contributed by atoms with Gasteiger partial charge in [0.2, 0.25) is 0 Å². The van der Waals surface area contributed by atoms with Gasteiger partial charge in [0, 0.05) is 32.8 Å². The summed E-state index contributed by atoms with van der Waals surface area (Å²) in [5, 5.41) is 11.7. The molecule has 10 aromatic carbocycles. The topological polar surface area (TPSA) is 29.5 Å². The van der Waals surface area contributed by atoms with Gasteiger partial charge in [-0.15, -0.1) is 0 Å². The molecule has 0 radical (unpaired) electrons. The van der Waals surface area contributed by atoms with Gasteiger partial charge in [-0.05, 0) is 104 Å². The molecule has 0 unspecified atom stereocenters. The minimum Gasteiger partial charge on any atom is -0.456 e. The van der Waals surface area contributed by atoms with Gasteiger partial charge in [-0.3, -0.25) is 0 Å². The number of benzene rings is 10. The molecular weight excluding hydrogens is 695 g/mol. The van der Waals surface area contributed by atoms with Gasteiger partial charge in [0.25, 0.3) is 0 Å². The summed E-state index contributed by atoms with van der Waals surface area (Å²) in [7, 11) is 0. The van der Waals surface area contributed by atoms with E-state index in [1.807, 2.05) is 12.1 Å². The van der Waals surface area contributed by atoms with Gasteiger partial charge in [-0.25, -0.2) is 0 Å². The van der Waals surface area contributed by atoms with E-state index >= 15 is 0 Å². The first-order chi connectivity index (χ1) is 28.2. The van der Waals surface area contributed by atoms with Crippen molar-refractivity contribution in [3.05, 3.63) is 200 Å². The van der Waals surface area contributed by atoms with Gasteiger partial charge >= 0.3 is 0 Å². The van der Waals surface area contributed by atoms with E-state index in [0.29, 0.717) is 0 Å². The van der Waals surface area contributed by atoms with Gasteiger partial charge in [0.05, 0.1) is 16.8 Å². The molecule has 0 aliphatic carbocycles. The molecule has 0 amide bonds. The average molecular weight is 728 g/mol. The first-order valence-electron chi connectivity index (χ1n) is 19.4. The molecule has 0 N–H and O–H groups in total. The Labute approximate surface area is 328 Å². The summed E-state index contributed by atoms with van der Waals surface area (Å²) in [5.74, 6) is 0. The maximum absolute atomic E-state index is 6.73. The molecule has 266 valence electrons. The molecule has 0 aliphatic rings. The zero-order chi connectivity index (χ0) is 37.5. The molecule has 0 saturated heterocycles. The fourth-order valence-corrected chi connectivity index (χ4v) is 8.93. The van der Waals surface area contributed by atoms with Gasteiger partial charge in [0.15, 0.2) is 0 Å². The first-order valence-corrected chi connectivity index (χ1v) is 19.4. The Morgan fingerprint density at radius 3 is 1.82 bits per heavy atom. The number of fused-ring (bicyclic) bond motifs is 11. The lowest BCUT2D eigenvalue weighted by molar-refractivity contribution is 0.669. The molecule has 3 heteroatoms. The van der Waals surface area contributed by atoms with Crippen molar-refractivity contribution in [2.24, 2.45) is 0 Å². The second-order valence-corrected chi connectivity index (χ2v) is 14.8. The van der Waals surface area contributed by atoms with Gasteiger partial charge < -0.3 is 13.7 Å². The molecule has 12 aromatic rings. The van der Waals surface area contributed by atoms with Crippen LogP contribution in [0.25, 0.3) is 98.4 Å². The highest BCUT2D eigenvalue weighted by molar-refractivity contribution is 6.20. The third-order valence-electron chi connectivity index (χ3n) is 11.6. The van der Waals surface area contributed by atoms with E-state index in [4.69, 9.17) is 8.83 Å². The van der Waals surface area contributed by atoms with Crippen molar-refractivity contribution in [1.29, 1.82) is 0 Å². The van der Waals surface area contributed by atoms with Gasteiger partial charge in [-0.1, -0.05) is 140 Å². The van der Waals surface area contributed by atoms with E-state index < -0.39 is 0 Å². The maximum atomic E-state index is 6.73. The minimum atomic E-state index is 0.855. The molecule has 0 saturated carbocycles. The van der Waals surface area contributed by atoms with Crippen LogP contribution in [-0.2, 0) is 0 Å². The Morgan fingerprint density at radius 2 is 0.930 bits per heavy atom. The molecule has 2 heterocycles. The van der Waals surface area contributed by atoms with Crippen LogP contribution in [0.5, 0.6) is 0 Å². The van der Waals surface area contributed by atoms with Crippen molar-refractivity contribution < 1.29 is 8.83 Å². The Bertz CT molecular complexity index is 3530. The van der Waals surface area contributed by atoms with E-state index in [0.717, 1.165) is 88.4 Å². The molecule has 57 heavy (non-hydrogen) atoms. The zero-order valence-electron chi connectivity index (χ0n) is 30.8. The second kappa shape index (κ2) is 12.5. The number of hydrogen-bond acceptors (Lipinski definition) is 3. The standard InChI is InChI=1S/C54H33NO2/c1-3-12-41-35(10-1)20-21-38-32-37(25-29-42(38)41)34-22-27-40(28-23-34)55(49-17-9-19-52-53(49)46-30-24-36-11-2-4-14-44(36)54(46)57-52)48-16-7-5-13-43(48)39-26-31-51-47(33-39)45-15-6-8-18-50(45)56-51/h1-33H. The third kappa shape index (κ3) is 4.99. The van der Waals surface area contributed by atoms with Crippen molar-refractivity contribution in [2.75, 3.05) is 4.90 Å². The summed E-state index contributed by atoms with van der Waals surface area (Å²) < 4.78 is 13.0. The lowest BCUT2D eigenvalue weighted by Gasteiger charge is -2.28. The molecule has 0 aliphatic heterocycles. The van der Waals surface area contributed by atoms with Gasteiger partial charge in [-0.2, -0.15) is 0 Å². The Kier molecular flexibility index (Phi) is 6.93. The zero-order valence-corrected chi connectivity index (χ0v) is 30.8. The van der Waals surface area contributed by atoms with Crippen LogP contribution >= 0.6 is 0 Å². The normalized spacial score (nSPS) is 11.9. The number of anilines is 3. The number of nitrogens with zero attached hydrogens (tertiary/aromatic N) is 1. The fourth-order valence-electron chi connectivity index (χ4n) is 8.93. The van der Waals surface area contributed by atoms with Crippen molar-refractivity contribution >= 4 is 93.3 Å². The number of furan rings is 2. The number of rotatable bonds is 5. The van der Waals surface area contributed by atoms with Crippen LogP contribution in [0.2, 0.25) is 0 Å². The summed E-state index contributed by atoms with van der Waals surface area (Å²) >= 11 is 0. The van der Waals surface area contributed by atoms with Crippen molar-refractivity contribution in [2.45, 2.75) is 0 Å². The smallest absolute Gasteiger partial charge is 0.143 e. The lowest BCUT2D eigenvalue weighted by atomic mass is 9.97. The highest BCUT2D eigenvalue weighted by Gasteiger charge is 2.23. The minimum absolute atomic E-state index is 0.855. The highest BCUT2D eigenvalue weighted by atomic mass is 16.3. The van der Waals surface area contributed by atoms with Crippen molar-refractivity contribution in [3.8, 4) is 22.3 Å². The summed E-state index contributed by atoms with van der Waals surface area (Å²) in [6.45, 7) is 0. The number of para-hydroxylation sites is 2. The summed E-state index contributed by atoms with van der Waals surface area (Å²) in [5.41, 5.74) is 11.3. The van der Waals surface area contributed by atoms with Crippen LogP contribution in [-0.4, -0.2) is 0 Å². The molecule has 2 aromatic heterocycles. The van der Waals surface area contributed by atoms with E-state index in [9.17, 15) is 0 Å². The van der Waals surface area contributed by atoms with E-state index in [2.05, 4.69) is 193 Å². The van der Waals surface area contributed by atoms with Crippen LogP contribution in [0.4, 0.5) is 17.1 Å². The Hall–Kier alpha value is -7.62. The van der Waals surface area contributed by atoms with Crippen LogP contribution in [0.15, 0.2) is 209 Å². The molecular formula is C54H33NO2. The van der Waals surface area contributed by atoms with Crippen molar-refractivity contribution in [1.82, 2.24) is 0 Å². The predicted octanol–water partition coefficient (Wildman–Crippen LogP) is 15.7. The lowest BCUT2D eigenvalue weighted by Crippen LogP contribution is -2.11. The first kappa shape index (κ1) is 31.7. The third-order valence-corrected chi connectivity index (χ3v) is 11.6. The SMILES string of the molecule is c1ccc(N(c2ccc(-c3ccc4c(ccc5ccccc54)c3)cc2)c2cccc3oc4c5ccccc5ccc4c23)c(-c2ccc3oc4ccccc4c3c2)c1. The quantitative estimate of drug-likeness (QED) is 0.165. The van der Waals surface area contributed by atoms with E-state index in [1.165, 1.54) is 27.1 Å². The molecule has 0 spiro atoms. The van der Waals surface area contributed by atoms with Crippen molar-refractivity contribution in [3.63, 3.8) is 0 Å². The monoisotopic (exact) mass is 727 g/mol. The summed E-state index contributed by atoms with van der Waals surface area (Å²) in [6, 6.07) is 71.7. The predicted molar refractivity (Wildman–Crippen MR) is 239 cm³/mol. The summed E-state index contributed by atoms with van der Waals surface area (Å²) in [4.78, 5) is 2.40. The molecule has 0 atom stereocenters. The Morgan fingerprint density at radius 1 is 0.316 bits per heavy atom. The molecule has 0 fully saturated rings. The van der Waals surface area contributed by atoms with E-state index in [-0.39, 0.29) is 0 Å². The second-order valence-electron chi connectivity index (χ2n) is 14.8. The van der Waals surface area contributed by atoms with Crippen LogP contribution in [0.1, 0.15) is 0 Å². The highest BCUT2D eigenvalue weighted by Crippen LogP contribution is 2.47. The van der Waals surface area contributed by atoms with Crippen LogP contribution < -0.4 is 4.90 Å². The van der Waals surface area contributed by atoms with Gasteiger partial charge in [0.1, 0.15) is 22.3 Å². The van der Waals surface area contributed by atoms with Crippen LogP contribution in [0, 0.1) is 0 Å². The van der Waals surface area contributed by atoms with Crippen LogP contribution in [0.3, 0.4) is 0 Å². The number of hydrogen-bond donors (Lipinski definition) is 0. The van der Waals surface area contributed by atoms with E-state index in [1.54, 1.807) is 0 Å². The molecule has 12 rings (SSSR count). The Balaban J connectivity index is 1.06. The molecule has 3 nitrogen and oxygen atoms in total. The fraction of sp³-hybridized carbons (Fsp3) is 0. The average Bonchev–Trinajstić information content (AvgIpc) is 3.86. The maximum Gasteiger partial charge on any atom is 0.143 e. The summed E-state index contributed by atoms with van der Waals surface area (Å²) in [6.07, 6.45) is 0. The molecule has 0 bridgehead atoms.